The Morgan fingerprint density at radius 3 is 2.22 bits per heavy atom. The molecule has 0 unspecified atom stereocenters. The lowest BCUT2D eigenvalue weighted by molar-refractivity contribution is -0.354. The van der Waals surface area contributed by atoms with E-state index >= 15 is 0 Å². The van der Waals surface area contributed by atoms with Gasteiger partial charge in [-0.2, -0.15) is 0 Å². The van der Waals surface area contributed by atoms with Crippen LogP contribution >= 0.6 is 0 Å². The van der Waals surface area contributed by atoms with Crippen LogP contribution in [0.25, 0.3) is 0 Å². The van der Waals surface area contributed by atoms with Gasteiger partial charge in [0.15, 0.2) is 0 Å². The third-order valence-corrected chi connectivity index (χ3v) is 1.19. The first kappa shape index (κ1) is 6.02. The van der Waals surface area contributed by atoms with Crippen molar-refractivity contribution in [2.45, 2.75) is 6.92 Å². The molecule has 0 heterocycles. The Kier molecular flexibility index (Phi) is 1.63. The van der Waals surface area contributed by atoms with Gasteiger partial charge in [0.1, 0.15) is 0 Å². The summed E-state index contributed by atoms with van der Waals surface area (Å²) >= 11 is 0. The maximum Gasteiger partial charge on any atom is 0.351 e. The first-order valence-electron chi connectivity index (χ1n) is 2.81. The predicted molar refractivity (Wildman–Crippen MR) is 37.7 cm³/mol. The van der Waals surface area contributed by atoms with Crippen LogP contribution in [-0.2, 0) is 4.42 Å². The topological polar surface area (TPSA) is 11.3 Å². The standard InChI is InChI=1S/C8H9O/c1-7-3-5-8(9-2)6-4-7/h3-6H,2H2,1H3/q+1. The number of hydrogen-bond acceptors (Lipinski definition) is 0. The van der Waals surface area contributed by atoms with Crippen LogP contribution in [0.15, 0.2) is 24.3 Å². The summed E-state index contributed by atoms with van der Waals surface area (Å²) in [4.78, 5) is 0. The molecule has 0 aliphatic carbocycles. The molecule has 0 radical (unpaired) electrons. The largest absolute Gasteiger partial charge is 0.351 e. The minimum absolute atomic E-state index is 0.806. The van der Waals surface area contributed by atoms with Crippen LogP contribution in [0, 0.1) is 6.92 Å². The van der Waals surface area contributed by atoms with Crippen LogP contribution in [0.3, 0.4) is 0 Å². The molecule has 1 nitrogen and oxygen atoms in total. The van der Waals surface area contributed by atoms with E-state index in [1.54, 1.807) is 0 Å². The SMILES string of the molecule is C=[O+]c1ccc(C)cc1. The molecule has 9 heavy (non-hydrogen) atoms. The summed E-state index contributed by atoms with van der Waals surface area (Å²) in [5.74, 6) is 0.806. The molecular formula is C8H9O+. The zero-order chi connectivity index (χ0) is 6.69. The maximum atomic E-state index is 4.72. The van der Waals surface area contributed by atoms with Crippen LogP contribution in [0.5, 0.6) is 5.75 Å². The summed E-state index contributed by atoms with van der Waals surface area (Å²) in [6, 6.07) is 7.76. The minimum Gasteiger partial charge on any atom is -0.224 e. The number of benzene rings is 1. The van der Waals surface area contributed by atoms with Crippen molar-refractivity contribution in [3.05, 3.63) is 29.8 Å². The summed E-state index contributed by atoms with van der Waals surface area (Å²) in [6.45, 7) is 5.32. The highest BCUT2D eigenvalue weighted by atomic mass is 16.4. The Morgan fingerprint density at radius 2 is 1.78 bits per heavy atom. The van der Waals surface area contributed by atoms with Gasteiger partial charge in [0.2, 0.25) is 0 Å². The third kappa shape index (κ3) is 1.39. The Bertz CT molecular complexity index is 198. The summed E-state index contributed by atoms with van der Waals surface area (Å²) < 4.78 is 4.72. The van der Waals surface area contributed by atoms with Gasteiger partial charge in [-0.3, -0.25) is 0 Å². The highest BCUT2D eigenvalue weighted by molar-refractivity contribution is 5.26. The number of carbonyl (C=O) groups excluding carboxylic acids is 1. The third-order valence-electron chi connectivity index (χ3n) is 1.19. The highest BCUT2D eigenvalue weighted by Gasteiger charge is 1.94. The molecule has 1 heteroatoms. The van der Waals surface area contributed by atoms with E-state index in [0.29, 0.717) is 0 Å². The zero-order valence-corrected chi connectivity index (χ0v) is 5.42. The molecule has 1 aromatic rings. The fourth-order valence-corrected chi connectivity index (χ4v) is 0.634. The molecule has 0 aliphatic heterocycles. The molecule has 1 rings (SSSR count). The molecule has 0 aromatic heterocycles. The van der Waals surface area contributed by atoms with Crippen molar-refractivity contribution in [2.24, 2.45) is 0 Å². The fraction of sp³-hybridized carbons (Fsp3) is 0.125. The fourth-order valence-electron chi connectivity index (χ4n) is 0.634. The van der Waals surface area contributed by atoms with Crippen molar-refractivity contribution >= 4 is 6.79 Å². The lowest BCUT2D eigenvalue weighted by atomic mass is 10.2. The summed E-state index contributed by atoms with van der Waals surface area (Å²) in [6.07, 6.45) is 0. The van der Waals surface area contributed by atoms with Crippen molar-refractivity contribution in [3.8, 4) is 5.75 Å². The zero-order valence-electron chi connectivity index (χ0n) is 5.42. The lowest BCUT2D eigenvalue weighted by Gasteiger charge is -1.83. The molecule has 1 aromatic carbocycles. The number of rotatable bonds is 1. The van der Waals surface area contributed by atoms with E-state index in [1.807, 2.05) is 31.2 Å². The van der Waals surface area contributed by atoms with E-state index < -0.39 is 0 Å². The van der Waals surface area contributed by atoms with Gasteiger partial charge in [-0.05, 0) is 19.1 Å². The summed E-state index contributed by atoms with van der Waals surface area (Å²) in [7, 11) is 0. The monoisotopic (exact) mass is 121 g/mol. The quantitative estimate of drug-likeness (QED) is 0.504. The molecule has 0 aliphatic rings. The normalized spacial score (nSPS) is 9.00. The number of hydrogen-bond donors (Lipinski definition) is 0. The van der Waals surface area contributed by atoms with E-state index in [1.165, 1.54) is 5.56 Å². The lowest BCUT2D eigenvalue weighted by Crippen LogP contribution is -1.68. The van der Waals surface area contributed by atoms with Gasteiger partial charge in [-0.25, -0.2) is 4.42 Å². The van der Waals surface area contributed by atoms with Crippen molar-refractivity contribution in [2.75, 3.05) is 0 Å². The van der Waals surface area contributed by atoms with E-state index in [-0.39, 0.29) is 0 Å². The van der Waals surface area contributed by atoms with Gasteiger partial charge in [0.05, 0.1) is 0 Å². The summed E-state index contributed by atoms with van der Waals surface area (Å²) in [5, 5.41) is 0. The average molecular weight is 121 g/mol. The molecule has 0 saturated heterocycles. The molecular weight excluding hydrogens is 112 g/mol. The predicted octanol–water partition coefficient (Wildman–Crippen LogP) is 2.07. The van der Waals surface area contributed by atoms with E-state index in [9.17, 15) is 0 Å². The Hall–Kier alpha value is -1.11. The smallest absolute Gasteiger partial charge is 0.224 e. The first-order valence-corrected chi connectivity index (χ1v) is 2.81. The van der Waals surface area contributed by atoms with Crippen LogP contribution in [-0.4, -0.2) is 6.79 Å². The van der Waals surface area contributed by atoms with Crippen molar-refractivity contribution in [1.29, 1.82) is 0 Å². The van der Waals surface area contributed by atoms with Gasteiger partial charge < -0.3 is 0 Å². The van der Waals surface area contributed by atoms with Crippen LogP contribution < -0.4 is 0 Å². The molecule has 0 amide bonds. The maximum absolute atomic E-state index is 4.72. The van der Waals surface area contributed by atoms with Crippen molar-refractivity contribution < 1.29 is 4.42 Å². The van der Waals surface area contributed by atoms with Crippen molar-refractivity contribution in [3.63, 3.8) is 0 Å². The second-order valence-electron chi connectivity index (χ2n) is 1.96. The van der Waals surface area contributed by atoms with E-state index in [0.717, 1.165) is 5.75 Å². The van der Waals surface area contributed by atoms with E-state index in [4.69, 9.17) is 4.42 Å². The Labute approximate surface area is 54.6 Å². The molecule has 46 valence electrons. The Morgan fingerprint density at radius 1 is 1.22 bits per heavy atom. The highest BCUT2D eigenvalue weighted by Crippen LogP contribution is 2.09. The van der Waals surface area contributed by atoms with Crippen LogP contribution in [0.4, 0.5) is 0 Å². The Balaban J connectivity index is 3.01. The molecule has 0 bridgehead atoms. The summed E-state index contributed by atoms with van der Waals surface area (Å²) in [5.41, 5.74) is 1.23. The van der Waals surface area contributed by atoms with E-state index in [2.05, 4.69) is 6.79 Å². The van der Waals surface area contributed by atoms with Gasteiger partial charge in [-0.1, -0.05) is 5.56 Å². The molecule has 0 saturated carbocycles. The molecule has 0 fully saturated rings. The molecule has 0 atom stereocenters. The van der Waals surface area contributed by atoms with Gasteiger partial charge in [0, 0.05) is 12.1 Å². The molecule has 0 N–H and O–H groups in total. The first-order chi connectivity index (χ1) is 4.33. The van der Waals surface area contributed by atoms with Gasteiger partial charge >= 0.3 is 5.75 Å². The molecule has 0 spiro atoms. The second kappa shape index (κ2) is 2.44. The van der Waals surface area contributed by atoms with Gasteiger partial charge in [0.25, 0.3) is 6.79 Å². The van der Waals surface area contributed by atoms with Gasteiger partial charge in [-0.15, -0.1) is 0 Å². The van der Waals surface area contributed by atoms with Crippen molar-refractivity contribution in [1.82, 2.24) is 0 Å². The second-order valence-corrected chi connectivity index (χ2v) is 1.96. The van der Waals surface area contributed by atoms with Crippen LogP contribution in [0.1, 0.15) is 5.56 Å². The van der Waals surface area contributed by atoms with Crippen LogP contribution in [0.2, 0.25) is 0 Å². The number of aryl methyl sites for hydroxylation is 1. The average Bonchev–Trinajstić information content (AvgIpc) is 1.90. The minimum atomic E-state index is 0.806.